The minimum absolute atomic E-state index is 0.0785. The van der Waals surface area contributed by atoms with Crippen LogP contribution in [0.15, 0.2) is 36.4 Å². The molecule has 3 amide bonds. The number of carbonyl (C=O) groups excluding carboxylic acids is 3. The van der Waals surface area contributed by atoms with Gasteiger partial charge < -0.3 is 25.0 Å². The summed E-state index contributed by atoms with van der Waals surface area (Å²) in [5, 5.41) is 5.89. The van der Waals surface area contributed by atoms with Gasteiger partial charge in [-0.05, 0) is 56.2 Å². The lowest BCUT2D eigenvalue weighted by molar-refractivity contribution is -0.126. The van der Waals surface area contributed by atoms with Crippen LogP contribution in [0, 0.1) is 26.7 Å². The fraction of sp³-hybridized carbons (Fsp3) is 0.464. The summed E-state index contributed by atoms with van der Waals surface area (Å²) in [6.07, 6.45) is 0.194. The molecule has 2 N–H and O–H groups in total. The van der Waals surface area contributed by atoms with Gasteiger partial charge in [-0.15, -0.1) is 0 Å². The van der Waals surface area contributed by atoms with Gasteiger partial charge in [0.25, 0.3) is 5.91 Å². The monoisotopic (exact) mass is 508 g/mol. The Labute approximate surface area is 218 Å². The molecule has 4 rings (SSSR count). The highest BCUT2D eigenvalue weighted by Crippen LogP contribution is 2.27. The van der Waals surface area contributed by atoms with Gasteiger partial charge in [-0.1, -0.05) is 17.7 Å². The van der Waals surface area contributed by atoms with Gasteiger partial charge >= 0.3 is 0 Å². The van der Waals surface area contributed by atoms with Gasteiger partial charge in [0.05, 0.1) is 19.1 Å². The standard InChI is InChI=1S/C28H36N4O5/c1-19-14-20(2)27(21(3)15-19)30-25(33)18-37-24-6-4-23(5-7-24)32-17-22(16-26(32)34)28(35)29-8-9-31-10-12-36-13-11-31/h4-7,14-15,22H,8-13,16-18H2,1-3H3,(H,29,35)(H,30,33)/t22-/m1/s1. The number of aryl methyl sites for hydroxylation is 3. The van der Waals surface area contributed by atoms with Gasteiger partial charge in [-0.3, -0.25) is 19.3 Å². The van der Waals surface area contributed by atoms with E-state index in [2.05, 4.69) is 15.5 Å². The summed E-state index contributed by atoms with van der Waals surface area (Å²) in [4.78, 5) is 41.5. The molecular formula is C28H36N4O5. The van der Waals surface area contributed by atoms with Crippen molar-refractivity contribution in [1.82, 2.24) is 10.2 Å². The first-order valence-electron chi connectivity index (χ1n) is 12.8. The van der Waals surface area contributed by atoms with Crippen molar-refractivity contribution in [3.63, 3.8) is 0 Å². The lowest BCUT2D eigenvalue weighted by Crippen LogP contribution is -2.42. The number of rotatable bonds is 9. The van der Waals surface area contributed by atoms with E-state index in [0.717, 1.165) is 55.2 Å². The Hall–Kier alpha value is -3.43. The van der Waals surface area contributed by atoms with Crippen LogP contribution in [0.3, 0.4) is 0 Å². The molecule has 0 bridgehead atoms. The number of hydrogen-bond acceptors (Lipinski definition) is 6. The van der Waals surface area contributed by atoms with Crippen LogP contribution in [0.25, 0.3) is 0 Å². The summed E-state index contributed by atoms with van der Waals surface area (Å²) in [5.41, 5.74) is 4.68. The molecule has 198 valence electrons. The number of hydrogen-bond donors (Lipinski definition) is 2. The Morgan fingerprint density at radius 2 is 1.73 bits per heavy atom. The van der Waals surface area contributed by atoms with Crippen molar-refractivity contribution < 1.29 is 23.9 Å². The number of benzene rings is 2. The average Bonchev–Trinajstić information content (AvgIpc) is 3.27. The van der Waals surface area contributed by atoms with Crippen LogP contribution in [-0.2, 0) is 19.1 Å². The van der Waals surface area contributed by atoms with Crippen LogP contribution in [0.4, 0.5) is 11.4 Å². The van der Waals surface area contributed by atoms with E-state index in [1.54, 1.807) is 29.2 Å². The average molecular weight is 509 g/mol. The maximum absolute atomic E-state index is 12.6. The van der Waals surface area contributed by atoms with E-state index >= 15 is 0 Å². The van der Waals surface area contributed by atoms with Crippen LogP contribution >= 0.6 is 0 Å². The smallest absolute Gasteiger partial charge is 0.262 e. The van der Waals surface area contributed by atoms with Gasteiger partial charge in [0.15, 0.2) is 6.61 Å². The maximum Gasteiger partial charge on any atom is 0.262 e. The first kappa shape index (κ1) is 26.6. The van der Waals surface area contributed by atoms with Gasteiger partial charge in [-0.2, -0.15) is 0 Å². The second-order valence-corrected chi connectivity index (χ2v) is 9.75. The zero-order valence-corrected chi connectivity index (χ0v) is 21.8. The lowest BCUT2D eigenvalue weighted by Gasteiger charge is -2.26. The summed E-state index contributed by atoms with van der Waals surface area (Å²) in [6.45, 7) is 10.7. The molecule has 37 heavy (non-hydrogen) atoms. The number of carbonyl (C=O) groups is 3. The van der Waals surface area contributed by atoms with E-state index in [4.69, 9.17) is 9.47 Å². The maximum atomic E-state index is 12.6. The van der Waals surface area contributed by atoms with E-state index in [0.29, 0.717) is 24.5 Å². The molecule has 2 saturated heterocycles. The number of amides is 3. The van der Waals surface area contributed by atoms with E-state index in [1.165, 1.54) is 0 Å². The van der Waals surface area contributed by atoms with Crippen molar-refractivity contribution in [2.45, 2.75) is 27.2 Å². The number of anilines is 2. The molecule has 2 fully saturated rings. The molecule has 0 saturated carbocycles. The number of ether oxygens (including phenoxy) is 2. The van der Waals surface area contributed by atoms with Gasteiger partial charge in [-0.25, -0.2) is 0 Å². The van der Waals surface area contributed by atoms with Gasteiger partial charge in [0.2, 0.25) is 11.8 Å². The van der Waals surface area contributed by atoms with E-state index < -0.39 is 0 Å². The summed E-state index contributed by atoms with van der Waals surface area (Å²) in [5.74, 6) is -0.249. The third kappa shape index (κ3) is 7.08. The number of nitrogens with zero attached hydrogens (tertiary/aromatic N) is 2. The first-order chi connectivity index (χ1) is 17.8. The molecule has 0 aromatic heterocycles. The van der Waals surface area contributed by atoms with Gasteiger partial charge in [0, 0.05) is 50.5 Å². The molecule has 0 aliphatic carbocycles. The molecule has 2 aromatic carbocycles. The second-order valence-electron chi connectivity index (χ2n) is 9.75. The number of nitrogens with one attached hydrogen (secondary N) is 2. The predicted molar refractivity (Wildman–Crippen MR) is 142 cm³/mol. The van der Waals surface area contributed by atoms with E-state index in [1.807, 2.05) is 32.9 Å². The Morgan fingerprint density at radius 3 is 2.41 bits per heavy atom. The highest BCUT2D eigenvalue weighted by atomic mass is 16.5. The molecule has 0 spiro atoms. The Bertz CT molecular complexity index is 1100. The highest BCUT2D eigenvalue weighted by molar-refractivity contribution is 6.00. The largest absolute Gasteiger partial charge is 0.484 e. The van der Waals surface area contributed by atoms with Crippen LogP contribution in [0.1, 0.15) is 23.1 Å². The van der Waals surface area contributed by atoms with Gasteiger partial charge in [0.1, 0.15) is 5.75 Å². The van der Waals surface area contributed by atoms with E-state index in [9.17, 15) is 14.4 Å². The Balaban J connectivity index is 1.24. The second kappa shape index (κ2) is 12.2. The molecule has 2 heterocycles. The SMILES string of the molecule is Cc1cc(C)c(NC(=O)COc2ccc(N3C[C@H](C(=O)NCCN4CCOCC4)CC3=O)cc2)c(C)c1. The van der Waals surface area contributed by atoms with Crippen LogP contribution in [0.5, 0.6) is 5.75 Å². The minimum Gasteiger partial charge on any atom is -0.484 e. The Morgan fingerprint density at radius 1 is 1.05 bits per heavy atom. The highest BCUT2D eigenvalue weighted by Gasteiger charge is 2.35. The molecule has 2 aliphatic heterocycles. The fourth-order valence-corrected chi connectivity index (χ4v) is 4.86. The van der Waals surface area contributed by atoms with E-state index in [-0.39, 0.29) is 36.7 Å². The predicted octanol–water partition coefficient (Wildman–Crippen LogP) is 2.43. The Kier molecular flexibility index (Phi) is 8.78. The van der Waals surface area contributed by atoms with Crippen molar-refractivity contribution in [3.05, 3.63) is 53.1 Å². The van der Waals surface area contributed by atoms with Crippen molar-refractivity contribution in [3.8, 4) is 5.75 Å². The molecular weight excluding hydrogens is 472 g/mol. The van der Waals surface area contributed by atoms with Crippen LogP contribution in [-0.4, -0.2) is 75.2 Å². The molecule has 9 heteroatoms. The summed E-state index contributed by atoms with van der Waals surface area (Å²) >= 11 is 0. The summed E-state index contributed by atoms with van der Waals surface area (Å²) < 4.78 is 11.0. The number of morpholine rings is 1. The fourth-order valence-electron chi connectivity index (χ4n) is 4.86. The normalized spacial score (nSPS) is 18.1. The molecule has 2 aliphatic rings. The third-order valence-corrected chi connectivity index (χ3v) is 6.79. The minimum atomic E-state index is -0.370. The molecule has 9 nitrogen and oxygen atoms in total. The third-order valence-electron chi connectivity index (χ3n) is 6.79. The lowest BCUT2D eigenvalue weighted by atomic mass is 10.1. The quantitative estimate of drug-likeness (QED) is 0.540. The molecule has 0 radical (unpaired) electrons. The van der Waals surface area contributed by atoms with Crippen molar-refractivity contribution >= 4 is 29.1 Å². The molecule has 1 atom stereocenters. The van der Waals surface area contributed by atoms with Crippen molar-refractivity contribution in [1.29, 1.82) is 0 Å². The van der Waals surface area contributed by atoms with Crippen molar-refractivity contribution in [2.75, 3.05) is 62.8 Å². The van der Waals surface area contributed by atoms with Crippen molar-refractivity contribution in [2.24, 2.45) is 5.92 Å². The summed E-state index contributed by atoms with van der Waals surface area (Å²) in [7, 11) is 0. The summed E-state index contributed by atoms with van der Waals surface area (Å²) in [6, 6.07) is 11.1. The van der Waals surface area contributed by atoms with Crippen LogP contribution < -0.4 is 20.3 Å². The van der Waals surface area contributed by atoms with Crippen LogP contribution in [0.2, 0.25) is 0 Å². The molecule has 2 aromatic rings. The topological polar surface area (TPSA) is 100 Å². The molecule has 0 unspecified atom stereocenters. The zero-order chi connectivity index (χ0) is 26.4. The first-order valence-corrected chi connectivity index (χ1v) is 12.8. The zero-order valence-electron chi connectivity index (χ0n) is 21.8.